The fourth-order valence-electron chi connectivity index (χ4n) is 4.60. The number of nitrogens with zero attached hydrogens (tertiary/aromatic N) is 3. The lowest BCUT2D eigenvalue weighted by molar-refractivity contribution is -0.139. The topological polar surface area (TPSA) is 78.5 Å². The summed E-state index contributed by atoms with van der Waals surface area (Å²) in [6.45, 7) is 1.74. The second-order valence-corrected chi connectivity index (χ2v) is 9.26. The zero-order chi connectivity index (χ0) is 24.5. The predicted molar refractivity (Wildman–Crippen MR) is 135 cm³/mol. The first kappa shape index (κ1) is 24.5. The van der Waals surface area contributed by atoms with Gasteiger partial charge in [-0.2, -0.15) is 5.10 Å². The molecule has 1 fully saturated rings. The van der Waals surface area contributed by atoms with Gasteiger partial charge in [0.15, 0.2) is 0 Å². The minimum atomic E-state index is -0.110. The third-order valence-corrected chi connectivity index (χ3v) is 6.58. The SMILES string of the molecule is CN(Cc1ccccc1)C(=O)C[C@H]1CN(C(=O)CCCc2cn[nH]c2)CC[C@@H]1Oc1ccccc1. The number of H-pyrrole nitrogens is 1. The number of hydrogen-bond acceptors (Lipinski definition) is 4. The van der Waals surface area contributed by atoms with Gasteiger partial charge in [-0.15, -0.1) is 0 Å². The summed E-state index contributed by atoms with van der Waals surface area (Å²) in [6.07, 6.45) is 6.70. The number of hydrogen-bond donors (Lipinski definition) is 1. The van der Waals surface area contributed by atoms with E-state index >= 15 is 0 Å². The molecule has 1 aliphatic rings. The Labute approximate surface area is 207 Å². The van der Waals surface area contributed by atoms with Crippen molar-refractivity contribution < 1.29 is 14.3 Å². The molecule has 1 aliphatic heterocycles. The molecule has 0 unspecified atom stereocenters. The van der Waals surface area contributed by atoms with E-state index in [2.05, 4.69) is 10.2 Å². The highest BCUT2D eigenvalue weighted by molar-refractivity contribution is 5.78. The molecule has 4 rings (SSSR count). The van der Waals surface area contributed by atoms with Crippen LogP contribution in [-0.2, 0) is 22.6 Å². The predicted octanol–water partition coefficient (Wildman–Crippen LogP) is 4.08. The molecule has 2 aromatic carbocycles. The Morgan fingerprint density at radius 2 is 1.83 bits per heavy atom. The van der Waals surface area contributed by atoms with Crippen molar-refractivity contribution in [2.45, 2.75) is 44.8 Å². The molecule has 2 atom stereocenters. The summed E-state index contributed by atoms with van der Waals surface area (Å²) in [5, 5.41) is 6.77. The number of para-hydroxylation sites is 1. The van der Waals surface area contributed by atoms with Crippen molar-refractivity contribution in [3.63, 3.8) is 0 Å². The first-order valence-corrected chi connectivity index (χ1v) is 12.3. The fraction of sp³-hybridized carbons (Fsp3) is 0.393. The smallest absolute Gasteiger partial charge is 0.223 e. The van der Waals surface area contributed by atoms with Gasteiger partial charge in [0.05, 0.1) is 6.20 Å². The van der Waals surface area contributed by atoms with Crippen LogP contribution in [0, 0.1) is 5.92 Å². The fourth-order valence-corrected chi connectivity index (χ4v) is 4.60. The van der Waals surface area contributed by atoms with Gasteiger partial charge in [0.2, 0.25) is 11.8 Å². The normalized spacial score (nSPS) is 17.7. The number of benzene rings is 2. The van der Waals surface area contributed by atoms with Crippen LogP contribution < -0.4 is 4.74 Å². The van der Waals surface area contributed by atoms with Gasteiger partial charge in [0.25, 0.3) is 0 Å². The van der Waals surface area contributed by atoms with Crippen LogP contribution in [0.25, 0.3) is 0 Å². The molecule has 2 amide bonds. The first-order chi connectivity index (χ1) is 17.1. The number of carbonyl (C=O) groups excluding carboxylic acids is 2. The molecule has 184 valence electrons. The van der Waals surface area contributed by atoms with Crippen molar-refractivity contribution in [1.29, 1.82) is 0 Å². The summed E-state index contributed by atoms with van der Waals surface area (Å²) in [5.41, 5.74) is 2.20. The van der Waals surface area contributed by atoms with Gasteiger partial charge in [-0.3, -0.25) is 14.7 Å². The van der Waals surface area contributed by atoms with E-state index in [9.17, 15) is 9.59 Å². The Bertz CT molecular complexity index is 1060. The molecule has 3 aromatic rings. The third-order valence-electron chi connectivity index (χ3n) is 6.58. The van der Waals surface area contributed by atoms with Gasteiger partial charge >= 0.3 is 0 Å². The molecular weight excluding hydrogens is 440 g/mol. The number of rotatable bonds is 10. The lowest BCUT2D eigenvalue weighted by atomic mass is 9.90. The molecule has 0 radical (unpaired) electrons. The third kappa shape index (κ3) is 7.18. The minimum Gasteiger partial charge on any atom is -0.490 e. The maximum atomic E-state index is 13.2. The van der Waals surface area contributed by atoms with Crippen LogP contribution in [0.1, 0.15) is 36.8 Å². The quantitative estimate of drug-likeness (QED) is 0.480. The summed E-state index contributed by atoms with van der Waals surface area (Å²) < 4.78 is 6.31. The Hall–Kier alpha value is -3.61. The van der Waals surface area contributed by atoms with Crippen LogP contribution in [0.5, 0.6) is 5.75 Å². The van der Waals surface area contributed by atoms with E-state index in [0.29, 0.717) is 38.9 Å². The Morgan fingerprint density at radius 3 is 2.54 bits per heavy atom. The number of nitrogens with one attached hydrogen (secondary N) is 1. The second-order valence-electron chi connectivity index (χ2n) is 9.26. The first-order valence-electron chi connectivity index (χ1n) is 12.3. The Balaban J connectivity index is 1.37. The number of aromatic nitrogens is 2. The molecule has 1 aromatic heterocycles. The summed E-state index contributed by atoms with van der Waals surface area (Å²) in [7, 11) is 1.84. The maximum Gasteiger partial charge on any atom is 0.223 e. The highest BCUT2D eigenvalue weighted by Gasteiger charge is 2.34. The van der Waals surface area contributed by atoms with Crippen LogP contribution in [0.15, 0.2) is 73.1 Å². The van der Waals surface area contributed by atoms with Gasteiger partial charge in [-0.1, -0.05) is 48.5 Å². The van der Waals surface area contributed by atoms with Gasteiger partial charge in [0.1, 0.15) is 11.9 Å². The standard InChI is InChI=1S/C28H34N4O3/c1-31(20-22-9-4-2-5-10-22)28(34)17-24-21-32(27(33)14-8-11-23-18-29-30-19-23)16-15-26(24)35-25-12-6-3-7-13-25/h2-7,9-10,12-13,18-19,24,26H,8,11,14-17,20-21H2,1H3,(H,29,30)/t24-,26-/m0/s1. The maximum absolute atomic E-state index is 13.2. The lowest BCUT2D eigenvalue weighted by Gasteiger charge is -2.39. The van der Waals surface area contributed by atoms with Gasteiger partial charge in [-0.25, -0.2) is 0 Å². The summed E-state index contributed by atoms with van der Waals surface area (Å²) in [6, 6.07) is 19.7. The van der Waals surface area contributed by atoms with Crippen LogP contribution in [-0.4, -0.2) is 58.1 Å². The van der Waals surface area contributed by atoms with E-state index in [1.807, 2.05) is 78.8 Å². The molecule has 2 heterocycles. The van der Waals surface area contributed by atoms with Crippen molar-refractivity contribution >= 4 is 11.8 Å². The number of amides is 2. The number of aromatic amines is 1. The van der Waals surface area contributed by atoms with E-state index in [1.165, 1.54) is 0 Å². The van der Waals surface area contributed by atoms with Gasteiger partial charge in [-0.05, 0) is 36.1 Å². The number of carbonyl (C=O) groups is 2. The average molecular weight is 475 g/mol. The second kappa shape index (κ2) is 12.2. The Morgan fingerprint density at radius 1 is 1.09 bits per heavy atom. The molecule has 0 saturated carbocycles. The van der Waals surface area contributed by atoms with Crippen molar-refractivity contribution in [3.05, 3.63) is 84.2 Å². The van der Waals surface area contributed by atoms with Crippen molar-refractivity contribution in [2.24, 2.45) is 5.92 Å². The minimum absolute atomic E-state index is 0.0625. The largest absolute Gasteiger partial charge is 0.490 e. The van der Waals surface area contributed by atoms with Crippen LogP contribution in [0.4, 0.5) is 0 Å². The molecule has 7 nitrogen and oxygen atoms in total. The van der Waals surface area contributed by atoms with Crippen molar-refractivity contribution in [3.8, 4) is 5.75 Å². The van der Waals surface area contributed by atoms with Gasteiger partial charge < -0.3 is 14.5 Å². The summed E-state index contributed by atoms with van der Waals surface area (Å²) in [5.74, 6) is 0.941. The van der Waals surface area contributed by atoms with Crippen molar-refractivity contribution in [1.82, 2.24) is 20.0 Å². The Kier molecular flexibility index (Phi) is 8.54. The zero-order valence-corrected chi connectivity index (χ0v) is 20.3. The number of aryl methyl sites for hydroxylation is 1. The molecule has 0 aliphatic carbocycles. The average Bonchev–Trinajstić information content (AvgIpc) is 3.40. The van der Waals surface area contributed by atoms with Crippen molar-refractivity contribution in [2.75, 3.05) is 20.1 Å². The number of likely N-dealkylation sites (tertiary alicyclic amines) is 1. The van der Waals surface area contributed by atoms with Crippen LogP contribution >= 0.6 is 0 Å². The molecule has 0 spiro atoms. The highest BCUT2D eigenvalue weighted by atomic mass is 16.5. The van der Waals surface area contributed by atoms with E-state index in [4.69, 9.17) is 4.74 Å². The van der Waals surface area contributed by atoms with E-state index in [-0.39, 0.29) is 23.8 Å². The molecule has 0 bridgehead atoms. The molecule has 7 heteroatoms. The molecular formula is C28H34N4O3. The van der Waals surface area contributed by atoms with Gasteiger partial charge in [0, 0.05) is 58.1 Å². The highest BCUT2D eigenvalue weighted by Crippen LogP contribution is 2.27. The number of piperidine rings is 1. The van der Waals surface area contributed by atoms with Crippen LogP contribution in [0.2, 0.25) is 0 Å². The molecule has 1 saturated heterocycles. The monoisotopic (exact) mass is 474 g/mol. The molecule has 1 N–H and O–H groups in total. The summed E-state index contributed by atoms with van der Waals surface area (Å²) >= 11 is 0. The summed E-state index contributed by atoms with van der Waals surface area (Å²) in [4.78, 5) is 29.8. The number of ether oxygens (including phenoxy) is 1. The van der Waals surface area contributed by atoms with E-state index < -0.39 is 0 Å². The zero-order valence-electron chi connectivity index (χ0n) is 20.3. The molecule has 35 heavy (non-hydrogen) atoms. The van der Waals surface area contributed by atoms with Crippen LogP contribution in [0.3, 0.4) is 0 Å². The van der Waals surface area contributed by atoms with E-state index in [0.717, 1.165) is 29.7 Å². The van der Waals surface area contributed by atoms with E-state index in [1.54, 1.807) is 11.1 Å². The lowest BCUT2D eigenvalue weighted by Crippen LogP contribution is -2.49.